The first kappa shape index (κ1) is 11.3. The maximum atomic E-state index is 11.9. The van der Waals surface area contributed by atoms with E-state index in [-0.39, 0.29) is 24.3 Å². The van der Waals surface area contributed by atoms with Gasteiger partial charge in [-0.15, -0.1) is 6.58 Å². The fourth-order valence-corrected chi connectivity index (χ4v) is 1.79. The van der Waals surface area contributed by atoms with Crippen LogP contribution >= 0.6 is 0 Å². The fourth-order valence-electron chi connectivity index (χ4n) is 1.79. The number of carbonyl (C=O) groups excluding carboxylic acids is 3. The quantitative estimate of drug-likeness (QED) is 0.534. The van der Waals surface area contributed by atoms with Crippen molar-refractivity contribution in [1.82, 2.24) is 4.90 Å². The summed E-state index contributed by atoms with van der Waals surface area (Å²) in [6.07, 6.45) is 7.96. The molecule has 2 rings (SSSR count). The molecule has 1 aliphatic carbocycles. The summed E-state index contributed by atoms with van der Waals surface area (Å²) < 4.78 is 0. The minimum atomic E-state index is -0.426. The highest BCUT2D eigenvalue weighted by molar-refractivity contribution is 6.23. The van der Waals surface area contributed by atoms with Crippen LogP contribution in [-0.2, 0) is 14.4 Å². The zero-order chi connectivity index (χ0) is 12.4. The fraction of sp³-hybridized carbons (Fsp3) is 0.154. The second kappa shape index (κ2) is 4.33. The van der Waals surface area contributed by atoms with Gasteiger partial charge in [0.1, 0.15) is 0 Å². The van der Waals surface area contributed by atoms with Gasteiger partial charge in [0.25, 0.3) is 11.8 Å². The minimum Gasteiger partial charge on any atom is -0.294 e. The molecule has 0 spiro atoms. The molecule has 0 radical (unpaired) electrons. The Morgan fingerprint density at radius 3 is 2.71 bits per heavy atom. The third-order valence-electron chi connectivity index (χ3n) is 2.61. The number of amides is 2. The highest BCUT2D eigenvalue weighted by Gasteiger charge is 2.33. The monoisotopic (exact) mass is 229 g/mol. The summed E-state index contributed by atoms with van der Waals surface area (Å²) in [4.78, 5) is 36.2. The van der Waals surface area contributed by atoms with Gasteiger partial charge in [-0.2, -0.15) is 0 Å². The van der Waals surface area contributed by atoms with Crippen LogP contribution in [0.25, 0.3) is 0 Å². The standard InChI is InChI=1S/C13H11NO3/c1-2-7-14-12(16)8-10(13(14)17)9-5-3-4-6-11(9)15/h2-5,8H,1,6-7H2. The zero-order valence-electron chi connectivity index (χ0n) is 9.18. The summed E-state index contributed by atoms with van der Waals surface area (Å²) in [5.41, 5.74) is 0.503. The van der Waals surface area contributed by atoms with Gasteiger partial charge in [0.2, 0.25) is 0 Å². The molecule has 0 saturated heterocycles. The highest BCUT2D eigenvalue weighted by atomic mass is 16.2. The zero-order valence-corrected chi connectivity index (χ0v) is 9.18. The molecule has 0 bridgehead atoms. The van der Waals surface area contributed by atoms with Crippen LogP contribution in [0.4, 0.5) is 0 Å². The molecule has 17 heavy (non-hydrogen) atoms. The molecule has 0 aromatic carbocycles. The van der Waals surface area contributed by atoms with E-state index in [1.165, 1.54) is 12.2 Å². The molecule has 0 N–H and O–H groups in total. The molecule has 4 nitrogen and oxygen atoms in total. The number of imide groups is 1. The minimum absolute atomic E-state index is 0.139. The van der Waals surface area contributed by atoms with Crippen molar-refractivity contribution in [3.8, 4) is 0 Å². The lowest BCUT2D eigenvalue weighted by atomic mass is 9.96. The summed E-state index contributed by atoms with van der Waals surface area (Å²) in [6, 6.07) is 0. The molecule has 0 aromatic rings. The van der Waals surface area contributed by atoms with Crippen LogP contribution in [0.2, 0.25) is 0 Å². The maximum Gasteiger partial charge on any atom is 0.261 e. The first-order valence-corrected chi connectivity index (χ1v) is 5.24. The van der Waals surface area contributed by atoms with Crippen molar-refractivity contribution in [2.75, 3.05) is 6.54 Å². The maximum absolute atomic E-state index is 11.9. The topological polar surface area (TPSA) is 54.5 Å². The first-order chi connectivity index (χ1) is 8.15. The molecule has 0 fully saturated rings. The molecule has 2 aliphatic rings. The summed E-state index contributed by atoms with van der Waals surface area (Å²) >= 11 is 0. The predicted octanol–water partition coefficient (Wildman–Crippen LogP) is 0.923. The number of nitrogens with zero attached hydrogens (tertiary/aromatic N) is 1. The molecule has 0 saturated carbocycles. The van der Waals surface area contributed by atoms with E-state index in [0.717, 1.165) is 4.90 Å². The van der Waals surface area contributed by atoms with E-state index >= 15 is 0 Å². The number of rotatable bonds is 3. The molecule has 0 unspecified atom stereocenters. The smallest absolute Gasteiger partial charge is 0.261 e. The number of ketones is 1. The van der Waals surface area contributed by atoms with E-state index in [0.29, 0.717) is 5.57 Å². The lowest BCUT2D eigenvalue weighted by molar-refractivity contribution is -0.136. The number of hydrogen-bond donors (Lipinski definition) is 0. The van der Waals surface area contributed by atoms with E-state index < -0.39 is 11.8 Å². The summed E-state index contributed by atoms with van der Waals surface area (Å²) in [6.45, 7) is 3.65. The van der Waals surface area contributed by atoms with Gasteiger partial charge in [-0.1, -0.05) is 24.3 Å². The van der Waals surface area contributed by atoms with Gasteiger partial charge in [0.15, 0.2) is 5.78 Å². The van der Waals surface area contributed by atoms with Crippen molar-refractivity contribution in [2.24, 2.45) is 0 Å². The van der Waals surface area contributed by atoms with E-state index in [1.807, 2.05) is 0 Å². The average Bonchev–Trinajstić information content (AvgIpc) is 2.58. The van der Waals surface area contributed by atoms with Crippen LogP contribution in [-0.4, -0.2) is 29.0 Å². The number of Topliss-reactive ketones (excluding diaryl/α,β-unsaturated/α-hetero) is 1. The highest BCUT2D eigenvalue weighted by Crippen LogP contribution is 2.24. The largest absolute Gasteiger partial charge is 0.294 e. The number of allylic oxidation sites excluding steroid dienone is 3. The molecule has 2 amide bonds. The Morgan fingerprint density at radius 1 is 1.29 bits per heavy atom. The van der Waals surface area contributed by atoms with E-state index in [4.69, 9.17) is 0 Å². The van der Waals surface area contributed by atoms with E-state index in [1.54, 1.807) is 18.2 Å². The molecule has 1 heterocycles. The molecule has 4 heteroatoms. The van der Waals surface area contributed by atoms with Crippen molar-refractivity contribution in [3.63, 3.8) is 0 Å². The Morgan fingerprint density at radius 2 is 2.06 bits per heavy atom. The molecular weight excluding hydrogens is 218 g/mol. The van der Waals surface area contributed by atoms with Crippen molar-refractivity contribution in [3.05, 3.63) is 48.1 Å². The van der Waals surface area contributed by atoms with Gasteiger partial charge in [0.05, 0.1) is 5.57 Å². The summed E-state index contributed by atoms with van der Waals surface area (Å²) in [5.74, 6) is -0.960. The van der Waals surface area contributed by atoms with Crippen LogP contribution in [0.3, 0.4) is 0 Å². The van der Waals surface area contributed by atoms with Crippen LogP contribution in [0, 0.1) is 0 Å². The normalized spacial score (nSPS) is 19.5. The third-order valence-corrected chi connectivity index (χ3v) is 2.61. The van der Waals surface area contributed by atoms with Gasteiger partial charge in [0, 0.05) is 24.6 Å². The van der Waals surface area contributed by atoms with Gasteiger partial charge < -0.3 is 0 Å². The molecular formula is C13H11NO3. The van der Waals surface area contributed by atoms with Crippen LogP contribution in [0.5, 0.6) is 0 Å². The van der Waals surface area contributed by atoms with E-state index in [2.05, 4.69) is 6.58 Å². The summed E-state index contributed by atoms with van der Waals surface area (Å²) in [5, 5.41) is 0. The van der Waals surface area contributed by atoms with Crippen LogP contribution < -0.4 is 0 Å². The Kier molecular flexibility index (Phi) is 2.87. The van der Waals surface area contributed by atoms with Gasteiger partial charge in [-0.05, 0) is 0 Å². The lowest BCUT2D eigenvalue weighted by Crippen LogP contribution is -2.31. The van der Waals surface area contributed by atoms with Crippen molar-refractivity contribution >= 4 is 17.6 Å². The molecule has 86 valence electrons. The molecule has 0 atom stereocenters. The van der Waals surface area contributed by atoms with Gasteiger partial charge in [-0.3, -0.25) is 19.3 Å². The second-order valence-electron chi connectivity index (χ2n) is 3.74. The second-order valence-corrected chi connectivity index (χ2v) is 3.74. The van der Waals surface area contributed by atoms with Gasteiger partial charge in [-0.25, -0.2) is 0 Å². The Bertz CT molecular complexity index is 509. The number of hydrogen-bond acceptors (Lipinski definition) is 3. The van der Waals surface area contributed by atoms with Crippen molar-refractivity contribution < 1.29 is 14.4 Å². The first-order valence-electron chi connectivity index (χ1n) is 5.24. The van der Waals surface area contributed by atoms with Gasteiger partial charge >= 0.3 is 0 Å². The Balaban J connectivity index is 2.32. The summed E-state index contributed by atoms with van der Waals surface area (Å²) in [7, 11) is 0. The third kappa shape index (κ3) is 1.89. The Labute approximate surface area is 98.6 Å². The van der Waals surface area contributed by atoms with Crippen LogP contribution in [0.1, 0.15) is 6.42 Å². The Hall–Kier alpha value is -2.23. The van der Waals surface area contributed by atoms with E-state index in [9.17, 15) is 14.4 Å². The molecule has 1 aliphatic heterocycles. The van der Waals surface area contributed by atoms with Crippen molar-refractivity contribution in [1.29, 1.82) is 0 Å². The lowest BCUT2D eigenvalue weighted by Gasteiger charge is -2.13. The SMILES string of the molecule is C=CCN1C(=O)C=C(C2=CC=CCC2=O)C1=O. The number of carbonyl (C=O) groups is 3. The van der Waals surface area contributed by atoms with Crippen LogP contribution in [0.15, 0.2) is 48.1 Å². The van der Waals surface area contributed by atoms with Crippen molar-refractivity contribution in [2.45, 2.75) is 6.42 Å². The average molecular weight is 229 g/mol. The predicted molar refractivity (Wildman–Crippen MR) is 61.8 cm³/mol. The molecule has 0 aromatic heterocycles.